The van der Waals surface area contributed by atoms with Crippen LogP contribution in [0.15, 0.2) is 31.1 Å². The Morgan fingerprint density at radius 1 is 1.57 bits per heavy atom. The molecule has 0 saturated heterocycles. The van der Waals surface area contributed by atoms with Gasteiger partial charge in [0.2, 0.25) is 0 Å². The van der Waals surface area contributed by atoms with E-state index < -0.39 is 0 Å². The number of halogens is 1. The van der Waals surface area contributed by atoms with Gasteiger partial charge in [-0.3, -0.25) is 14.0 Å². The van der Waals surface area contributed by atoms with Crippen LogP contribution >= 0.6 is 11.6 Å². The molecule has 0 radical (unpaired) electrons. The maximum absolute atomic E-state index is 11.5. The smallest absolute Gasteiger partial charge is 0.253 e. The number of carbonyl (C=O) groups is 1. The third-order valence-corrected chi connectivity index (χ3v) is 1.89. The molecule has 0 fully saturated rings. The molecule has 2 heterocycles. The number of aromatic nitrogens is 4. The molecule has 0 aliphatic heterocycles. The summed E-state index contributed by atoms with van der Waals surface area (Å²) in [5.74, 6) is -0.109. The molecule has 2 aromatic rings. The molecule has 2 aromatic heterocycles. The first-order valence-electron chi connectivity index (χ1n) is 3.95. The van der Waals surface area contributed by atoms with Gasteiger partial charge in [-0.05, 0) is 0 Å². The van der Waals surface area contributed by atoms with Crippen LogP contribution in [-0.4, -0.2) is 25.2 Å². The van der Waals surface area contributed by atoms with E-state index in [1.54, 1.807) is 18.6 Å². The predicted octanol–water partition coefficient (Wildman–Crippen LogP) is 1.07. The van der Waals surface area contributed by atoms with Crippen molar-refractivity contribution in [3.8, 4) is 0 Å². The Morgan fingerprint density at radius 3 is 3.00 bits per heavy atom. The summed E-state index contributed by atoms with van der Waals surface area (Å²) in [4.78, 5) is 15.3. The van der Waals surface area contributed by atoms with E-state index in [-0.39, 0.29) is 12.5 Å². The van der Waals surface area contributed by atoms with E-state index >= 15 is 0 Å². The van der Waals surface area contributed by atoms with Crippen molar-refractivity contribution in [1.82, 2.24) is 19.3 Å². The predicted molar refractivity (Wildman–Crippen MR) is 50.1 cm³/mol. The van der Waals surface area contributed by atoms with Gasteiger partial charge in [0.25, 0.3) is 5.91 Å². The number of rotatable bonds is 2. The first-order valence-corrected chi connectivity index (χ1v) is 4.32. The van der Waals surface area contributed by atoms with Gasteiger partial charge in [0.15, 0.2) is 0 Å². The highest BCUT2D eigenvalue weighted by molar-refractivity contribution is 6.30. The minimum absolute atomic E-state index is 0.109. The van der Waals surface area contributed by atoms with E-state index in [4.69, 9.17) is 11.6 Å². The van der Waals surface area contributed by atoms with Crippen LogP contribution in [0.1, 0.15) is 4.79 Å². The van der Waals surface area contributed by atoms with Crippen LogP contribution in [0.2, 0.25) is 5.02 Å². The van der Waals surface area contributed by atoms with Gasteiger partial charge in [-0.1, -0.05) is 11.6 Å². The summed E-state index contributed by atoms with van der Waals surface area (Å²) in [5.41, 5.74) is 0. The van der Waals surface area contributed by atoms with Gasteiger partial charge in [0.05, 0.1) is 11.2 Å². The number of hydrogen-bond acceptors (Lipinski definition) is 3. The van der Waals surface area contributed by atoms with Crippen molar-refractivity contribution in [2.24, 2.45) is 0 Å². The minimum Gasteiger partial charge on any atom is -0.275 e. The van der Waals surface area contributed by atoms with Crippen LogP contribution in [0.5, 0.6) is 0 Å². The van der Waals surface area contributed by atoms with Crippen LogP contribution in [0.4, 0.5) is 0 Å². The van der Waals surface area contributed by atoms with Crippen LogP contribution in [0.3, 0.4) is 0 Å². The Balaban J connectivity index is 2.09. The second-order valence-electron chi connectivity index (χ2n) is 2.72. The molecular weight excluding hydrogens is 204 g/mol. The number of carbonyl (C=O) groups excluding carboxylic acids is 1. The fourth-order valence-electron chi connectivity index (χ4n) is 1.05. The zero-order chi connectivity index (χ0) is 9.97. The molecule has 5 nitrogen and oxygen atoms in total. The zero-order valence-electron chi connectivity index (χ0n) is 7.17. The molecule has 72 valence electrons. The van der Waals surface area contributed by atoms with E-state index in [1.807, 2.05) is 0 Å². The second-order valence-corrected chi connectivity index (χ2v) is 3.16. The summed E-state index contributed by atoms with van der Waals surface area (Å²) in [6, 6.07) is 0. The third-order valence-electron chi connectivity index (χ3n) is 1.69. The molecule has 2 rings (SSSR count). The Morgan fingerprint density at radius 2 is 2.43 bits per heavy atom. The van der Waals surface area contributed by atoms with Crippen molar-refractivity contribution in [2.75, 3.05) is 0 Å². The summed E-state index contributed by atoms with van der Waals surface area (Å²) < 4.78 is 2.88. The van der Waals surface area contributed by atoms with Crippen molar-refractivity contribution < 1.29 is 4.79 Å². The van der Waals surface area contributed by atoms with Gasteiger partial charge in [-0.25, -0.2) is 4.98 Å². The van der Waals surface area contributed by atoms with E-state index in [1.165, 1.54) is 21.8 Å². The molecule has 0 aliphatic rings. The fourth-order valence-corrected chi connectivity index (χ4v) is 1.21. The summed E-state index contributed by atoms with van der Waals surface area (Å²) in [5, 5.41) is 4.41. The molecule has 0 aromatic carbocycles. The molecule has 0 bridgehead atoms. The third kappa shape index (κ3) is 1.82. The molecule has 0 saturated carbocycles. The minimum atomic E-state index is -0.109. The molecule has 0 amide bonds. The average Bonchev–Trinajstić information content (AvgIpc) is 2.75. The summed E-state index contributed by atoms with van der Waals surface area (Å²) in [6.45, 7) is 0.156. The van der Waals surface area contributed by atoms with Crippen molar-refractivity contribution in [2.45, 2.75) is 6.54 Å². The first-order chi connectivity index (χ1) is 6.75. The highest BCUT2D eigenvalue weighted by Gasteiger charge is 2.05. The molecule has 0 aliphatic carbocycles. The molecular formula is C8H7ClN4O. The highest BCUT2D eigenvalue weighted by Crippen LogP contribution is 2.04. The normalized spacial score (nSPS) is 10.4. The lowest BCUT2D eigenvalue weighted by Gasteiger charge is -2.00. The van der Waals surface area contributed by atoms with E-state index in [0.717, 1.165) is 0 Å². The summed E-state index contributed by atoms with van der Waals surface area (Å²) in [7, 11) is 0. The topological polar surface area (TPSA) is 52.7 Å². The molecule has 6 heteroatoms. The maximum atomic E-state index is 11.5. The molecule has 14 heavy (non-hydrogen) atoms. The standard InChI is InChI=1S/C8H7ClN4O/c9-7-3-11-13(4-7)5-8(14)12-2-1-10-6-12/h1-4,6H,5H2. The zero-order valence-corrected chi connectivity index (χ0v) is 7.92. The quantitative estimate of drug-likeness (QED) is 0.745. The van der Waals surface area contributed by atoms with Crippen molar-refractivity contribution >= 4 is 17.5 Å². The van der Waals surface area contributed by atoms with Crippen molar-refractivity contribution in [1.29, 1.82) is 0 Å². The second kappa shape index (κ2) is 3.63. The average molecular weight is 211 g/mol. The van der Waals surface area contributed by atoms with E-state index in [9.17, 15) is 4.79 Å². The fraction of sp³-hybridized carbons (Fsp3) is 0.125. The van der Waals surface area contributed by atoms with Gasteiger partial charge in [-0.15, -0.1) is 0 Å². The lowest BCUT2D eigenvalue weighted by atomic mass is 10.6. The molecule has 0 atom stereocenters. The molecule has 0 spiro atoms. The van der Waals surface area contributed by atoms with Gasteiger partial charge in [0.1, 0.15) is 12.9 Å². The van der Waals surface area contributed by atoms with Gasteiger partial charge >= 0.3 is 0 Å². The highest BCUT2D eigenvalue weighted by atomic mass is 35.5. The molecule has 0 N–H and O–H groups in total. The SMILES string of the molecule is O=C(Cn1cc(Cl)cn1)n1ccnc1. The van der Waals surface area contributed by atoms with Crippen molar-refractivity contribution in [3.63, 3.8) is 0 Å². The number of hydrogen-bond donors (Lipinski definition) is 0. The lowest BCUT2D eigenvalue weighted by molar-refractivity contribution is 0.0886. The number of nitrogens with zero attached hydrogens (tertiary/aromatic N) is 4. The van der Waals surface area contributed by atoms with E-state index in [0.29, 0.717) is 5.02 Å². The maximum Gasteiger partial charge on any atom is 0.253 e. The Bertz CT molecular complexity index is 434. The van der Waals surface area contributed by atoms with Crippen LogP contribution in [0.25, 0.3) is 0 Å². The van der Waals surface area contributed by atoms with E-state index in [2.05, 4.69) is 10.1 Å². The lowest BCUT2D eigenvalue weighted by Crippen LogP contribution is -2.16. The Labute approximate surface area is 84.9 Å². The molecule has 0 unspecified atom stereocenters. The van der Waals surface area contributed by atoms with Crippen LogP contribution in [-0.2, 0) is 6.54 Å². The Hall–Kier alpha value is -1.62. The first kappa shape index (κ1) is 8.96. The van der Waals surface area contributed by atoms with Gasteiger partial charge < -0.3 is 0 Å². The van der Waals surface area contributed by atoms with Crippen LogP contribution in [0, 0.1) is 0 Å². The largest absolute Gasteiger partial charge is 0.275 e. The number of imidazole rings is 1. The Kier molecular flexibility index (Phi) is 2.32. The summed E-state index contributed by atoms with van der Waals surface area (Å²) >= 11 is 5.65. The van der Waals surface area contributed by atoms with Crippen LogP contribution < -0.4 is 0 Å². The van der Waals surface area contributed by atoms with Crippen molar-refractivity contribution in [3.05, 3.63) is 36.1 Å². The van der Waals surface area contributed by atoms with Gasteiger partial charge in [-0.2, -0.15) is 5.10 Å². The summed E-state index contributed by atoms with van der Waals surface area (Å²) in [6.07, 6.45) is 7.67. The monoisotopic (exact) mass is 210 g/mol. The van der Waals surface area contributed by atoms with Gasteiger partial charge in [0, 0.05) is 18.6 Å².